The molecule has 1 saturated carbocycles. The Hall–Kier alpha value is -0.580. The third-order valence-corrected chi connectivity index (χ3v) is 5.68. The lowest BCUT2D eigenvalue weighted by Crippen LogP contribution is -2.44. The van der Waals surface area contributed by atoms with Crippen molar-refractivity contribution in [2.24, 2.45) is 5.92 Å². The van der Waals surface area contributed by atoms with Crippen LogP contribution in [0.15, 0.2) is 16.6 Å². The first-order valence-corrected chi connectivity index (χ1v) is 7.76. The van der Waals surface area contributed by atoms with Crippen molar-refractivity contribution < 1.29 is 14.9 Å². The van der Waals surface area contributed by atoms with Gasteiger partial charge in [0, 0.05) is 4.47 Å². The molecule has 0 saturated heterocycles. The van der Waals surface area contributed by atoms with Crippen LogP contribution in [0.1, 0.15) is 37.8 Å². The molecule has 2 rings (SSSR count). The van der Waals surface area contributed by atoms with Crippen LogP contribution in [0.2, 0.25) is 0 Å². The lowest BCUT2D eigenvalue weighted by atomic mass is 9.90. The summed E-state index contributed by atoms with van der Waals surface area (Å²) in [5.74, 6) is 1.01. The van der Waals surface area contributed by atoms with E-state index >= 15 is 0 Å². The number of ether oxygens (including phenoxy) is 1. The van der Waals surface area contributed by atoms with Gasteiger partial charge in [-0.05, 0) is 69.7 Å². The number of aliphatic hydroxyl groups is 2. The van der Waals surface area contributed by atoms with Gasteiger partial charge < -0.3 is 14.9 Å². The van der Waals surface area contributed by atoms with Crippen LogP contribution in [0.4, 0.5) is 0 Å². The molecular formula is C16H23BrO3. The van der Waals surface area contributed by atoms with E-state index < -0.39 is 11.2 Å². The van der Waals surface area contributed by atoms with Crippen LogP contribution < -0.4 is 4.74 Å². The zero-order valence-corrected chi connectivity index (χ0v) is 14.1. The summed E-state index contributed by atoms with van der Waals surface area (Å²) in [6.07, 6.45) is 1.13. The van der Waals surface area contributed by atoms with Gasteiger partial charge in [0.25, 0.3) is 0 Å². The average Bonchev–Trinajstić information content (AvgIpc) is 2.52. The number of halogens is 1. The van der Waals surface area contributed by atoms with Gasteiger partial charge in [0.15, 0.2) is 0 Å². The van der Waals surface area contributed by atoms with E-state index in [1.807, 2.05) is 26.0 Å². The van der Waals surface area contributed by atoms with Crippen molar-refractivity contribution in [1.82, 2.24) is 0 Å². The highest BCUT2D eigenvalue weighted by atomic mass is 79.9. The van der Waals surface area contributed by atoms with Gasteiger partial charge in [-0.25, -0.2) is 0 Å². The summed E-state index contributed by atoms with van der Waals surface area (Å²) >= 11 is 3.54. The largest absolute Gasteiger partial charge is 0.493 e. The third-order valence-electron chi connectivity index (χ3n) is 4.43. The lowest BCUT2D eigenvalue weighted by molar-refractivity contribution is -0.107. The van der Waals surface area contributed by atoms with Gasteiger partial charge in [-0.2, -0.15) is 0 Å². The smallest absolute Gasteiger partial charge is 0.119 e. The number of rotatable bonds is 3. The standard InChI is InChI=1S/C16H23BrO3/c1-10-5-13(6-11(2)14(10)17)20-9-12-7-15(3,18)16(4,19)8-12/h5-6,12,18-19H,7-9H2,1-4H3/t12?,15-,16+. The fourth-order valence-corrected chi connectivity index (χ4v) is 3.19. The fourth-order valence-electron chi connectivity index (χ4n) is 2.96. The molecule has 0 aromatic heterocycles. The topological polar surface area (TPSA) is 49.7 Å². The van der Waals surface area contributed by atoms with E-state index in [1.54, 1.807) is 13.8 Å². The van der Waals surface area contributed by atoms with Crippen molar-refractivity contribution in [3.05, 3.63) is 27.7 Å². The number of aryl methyl sites for hydroxylation is 2. The summed E-state index contributed by atoms with van der Waals surface area (Å²) in [7, 11) is 0. The maximum absolute atomic E-state index is 10.2. The van der Waals surface area contributed by atoms with Crippen molar-refractivity contribution in [1.29, 1.82) is 0 Å². The van der Waals surface area contributed by atoms with Gasteiger partial charge in [-0.15, -0.1) is 0 Å². The van der Waals surface area contributed by atoms with Gasteiger partial charge in [0.2, 0.25) is 0 Å². The van der Waals surface area contributed by atoms with Gasteiger partial charge >= 0.3 is 0 Å². The quantitative estimate of drug-likeness (QED) is 0.885. The molecule has 3 atom stereocenters. The van der Waals surface area contributed by atoms with Gasteiger partial charge in [0.1, 0.15) is 5.75 Å². The first kappa shape index (κ1) is 15.8. The van der Waals surface area contributed by atoms with Crippen LogP contribution >= 0.6 is 15.9 Å². The molecule has 0 heterocycles. The van der Waals surface area contributed by atoms with Crippen LogP contribution in [0.3, 0.4) is 0 Å². The summed E-state index contributed by atoms with van der Waals surface area (Å²) in [6.45, 7) is 7.98. The predicted molar refractivity (Wildman–Crippen MR) is 83.1 cm³/mol. The Kier molecular flexibility index (Phi) is 4.20. The average molecular weight is 343 g/mol. The van der Waals surface area contributed by atoms with E-state index in [9.17, 15) is 10.2 Å². The molecule has 4 heteroatoms. The highest BCUT2D eigenvalue weighted by molar-refractivity contribution is 9.10. The Balaban J connectivity index is 2.01. The molecule has 1 aromatic carbocycles. The van der Waals surface area contributed by atoms with E-state index in [4.69, 9.17) is 4.74 Å². The molecule has 112 valence electrons. The van der Waals surface area contributed by atoms with Crippen molar-refractivity contribution >= 4 is 15.9 Å². The molecule has 1 unspecified atom stereocenters. The molecule has 1 aliphatic carbocycles. The summed E-state index contributed by atoms with van der Waals surface area (Å²) in [5.41, 5.74) is 0.218. The molecule has 20 heavy (non-hydrogen) atoms. The molecule has 3 nitrogen and oxygen atoms in total. The second-order valence-corrected chi connectivity index (χ2v) is 7.30. The normalized spacial score (nSPS) is 33.5. The summed E-state index contributed by atoms with van der Waals surface area (Å²) in [5, 5.41) is 20.4. The molecule has 1 aliphatic rings. The van der Waals surface area contributed by atoms with E-state index in [0.29, 0.717) is 19.4 Å². The van der Waals surface area contributed by atoms with Crippen LogP contribution in [0.5, 0.6) is 5.75 Å². The van der Waals surface area contributed by atoms with E-state index in [1.165, 1.54) is 0 Å². The Labute approximate surface area is 129 Å². The van der Waals surface area contributed by atoms with E-state index in [0.717, 1.165) is 21.3 Å². The van der Waals surface area contributed by atoms with Gasteiger partial charge in [-0.3, -0.25) is 0 Å². The molecule has 2 N–H and O–H groups in total. The first-order chi connectivity index (χ1) is 9.12. The number of benzene rings is 1. The van der Waals surface area contributed by atoms with Crippen LogP contribution in [0, 0.1) is 19.8 Å². The molecule has 0 bridgehead atoms. The van der Waals surface area contributed by atoms with Crippen molar-refractivity contribution in [3.63, 3.8) is 0 Å². The number of hydrogen-bond acceptors (Lipinski definition) is 3. The Morgan fingerprint density at radius 2 is 1.60 bits per heavy atom. The Morgan fingerprint density at radius 1 is 1.15 bits per heavy atom. The maximum atomic E-state index is 10.2. The lowest BCUT2D eigenvalue weighted by Gasteiger charge is -2.31. The first-order valence-electron chi connectivity index (χ1n) is 6.97. The van der Waals surface area contributed by atoms with E-state index in [2.05, 4.69) is 15.9 Å². The highest BCUT2D eigenvalue weighted by Crippen LogP contribution is 2.42. The summed E-state index contributed by atoms with van der Waals surface area (Å²) < 4.78 is 6.96. The molecule has 0 amide bonds. The number of hydrogen-bond donors (Lipinski definition) is 2. The van der Waals surface area contributed by atoms with Crippen molar-refractivity contribution in [2.45, 2.75) is 51.7 Å². The third kappa shape index (κ3) is 3.02. The van der Waals surface area contributed by atoms with Crippen molar-refractivity contribution in [3.8, 4) is 5.75 Å². The van der Waals surface area contributed by atoms with Crippen LogP contribution in [-0.4, -0.2) is 28.0 Å². The molecule has 0 aliphatic heterocycles. The Bertz CT molecular complexity index is 469. The van der Waals surface area contributed by atoms with E-state index in [-0.39, 0.29) is 5.92 Å². The molecule has 1 fully saturated rings. The second-order valence-electron chi connectivity index (χ2n) is 6.50. The van der Waals surface area contributed by atoms with Crippen LogP contribution in [0.25, 0.3) is 0 Å². The highest BCUT2D eigenvalue weighted by Gasteiger charge is 2.50. The Morgan fingerprint density at radius 3 is 2.05 bits per heavy atom. The summed E-state index contributed by atoms with van der Waals surface area (Å²) in [6, 6.07) is 4.00. The van der Waals surface area contributed by atoms with Gasteiger partial charge in [-0.1, -0.05) is 15.9 Å². The predicted octanol–water partition coefficient (Wildman–Crippen LogP) is 3.36. The minimum atomic E-state index is -1.04. The SMILES string of the molecule is Cc1cc(OCC2C[C@](C)(O)[C@](C)(O)C2)cc(C)c1Br. The molecule has 0 spiro atoms. The van der Waals surface area contributed by atoms with Crippen molar-refractivity contribution in [2.75, 3.05) is 6.61 Å². The minimum absolute atomic E-state index is 0.171. The van der Waals surface area contributed by atoms with Crippen LogP contribution in [-0.2, 0) is 0 Å². The molecule has 0 radical (unpaired) electrons. The minimum Gasteiger partial charge on any atom is -0.493 e. The monoisotopic (exact) mass is 342 g/mol. The van der Waals surface area contributed by atoms with Gasteiger partial charge in [0.05, 0.1) is 17.8 Å². The fraction of sp³-hybridized carbons (Fsp3) is 0.625. The zero-order chi connectivity index (χ0) is 15.1. The second kappa shape index (κ2) is 5.32. The molecular weight excluding hydrogens is 320 g/mol. The maximum Gasteiger partial charge on any atom is 0.119 e. The zero-order valence-electron chi connectivity index (χ0n) is 12.5. The molecule has 1 aromatic rings. The summed E-state index contributed by atoms with van der Waals surface area (Å²) in [4.78, 5) is 0.